The van der Waals surface area contributed by atoms with Gasteiger partial charge >= 0.3 is 0 Å². The Kier molecular flexibility index (Phi) is 1.92. The molecule has 0 aliphatic heterocycles. The summed E-state index contributed by atoms with van der Waals surface area (Å²) in [6.07, 6.45) is 3.51. The zero-order valence-corrected chi connectivity index (χ0v) is 7.37. The fraction of sp³-hybridized carbons (Fsp3) is 0.111. The summed E-state index contributed by atoms with van der Waals surface area (Å²) in [6, 6.07) is 2.94. The first kappa shape index (κ1) is 8.68. The SMILES string of the molecule is N=C(N)Cc1cnc2c(F)cccn12. The molecule has 0 fully saturated rings. The molecule has 3 N–H and O–H groups in total. The molecule has 0 saturated carbocycles. The molecule has 5 heteroatoms. The van der Waals surface area contributed by atoms with E-state index in [0.29, 0.717) is 5.69 Å². The van der Waals surface area contributed by atoms with Gasteiger partial charge in [-0.1, -0.05) is 0 Å². The topological polar surface area (TPSA) is 67.2 Å². The average Bonchev–Trinajstić information content (AvgIpc) is 2.49. The molecule has 2 aromatic rings. The summed E-state index contributed by atoms with van der Waals surface area (Å²) in [7, 11) is 0. The van der Waals surface area contributed by atoms with Gasteiger partial charge in [-0.25, -0.2) is 9.37 Å². The monoisotopic (exact) mass is 192 g/mol. The highest BCUT2D eigenvalue weighted by Crippen LogP contribution is 2.10. The summed E-state index contributed by atoms with van der Waals surface area (Å²) in [6.45, 7) is 0. The predicted octanol–water partition coefficient (Wildman–Crippen LogP) is 0.952. The van der Waals surface area contributed by atoms with Crippen molar-refractivity contribution in [3.05, 3.63) is 36.0 Å². The van der Waals surface area contributed by atoms with E-state index in [4.69, 9.17) is 11.1 Å². The first-order valence-electron chi connectivity index (χ1n) is 4.12. The van der Waals surface area contributed by atoms with Crippen LogP contribution in [0.2, 0.25) is 0 Å². The Morgan fingerprint density at radius 3 is 3.14 bits per heavy atom. The normalized spacial score (nSPS) is 10.6. The first-order valence-corrected chi connectivity index (χ1v) is 4.12. The van der Waals surface area contributed by atoms with E-state index in [9.17, 15) is 4.39 Å². The zero-order chi connectivity index (χ0) is 10.1. The number of halogens is 1. The second-order valence-electron chi connectivity index (χ2n) is 3.00. The molecule has 0 saturated heterocycles. The quantitative estimate of drug-likeness (QED) is 0.549. The van der Waals surface area contributed by atoms with Crippen LogP contribution < -0.4 is 5.73 Å². The molecule has 0 aliphatic rings. The van der Waals surface area contributed by atoms with Crippen LogP contribution in [-0.2, 0) is 6.42 Å². The Bertz CT molecular complexity index is 489. The van der Waals surface area contributed by atoms with E-state index in [2.05, 4.69) is 4.98 Å². The molecule has 0 aliphatic carbocycles. The molecule has 0 aromatic carbocycles. The van der Waals surface area contributed by atoms with Gasteiger partial charge in [0.1, 0.15) is 0 Å². The van der Waals surface area contributed by atoms with Gasteiger partial charge in [0.25, 0.3) is 0 Å². The maximum absolute atomic E-state index is 13.2. The van der Waals surface area contributed by atoms with Crippen LogP contribution in [0.3, 0.4) is 0 Å². The number of imidazole rings is 1. The molecule has 0 spiro atoms. The van der Waals surface area contributed by atoms with E-state index >= 15 is 0 Å². The molecule has 2 aromatic heterocycles. The second-order valence-corrected chi connectivity index (χ2v) is 3.00. The fourth-order valence-corrected chi connectivity index (χ4v) is 1.35. The van der Waals surface area contributed by atoms with E-state index in [1.807, 2.05) is 0 Å². The summed E-state index contributed by atoms with van der Waals surface area (Å²) in [5.41, 5.74) is 6.24. The number of nitrogens with one attached hydrogen (secondary N) is 1. The highest BCUT2D eigenvalue weighted by Gasteiger charge is 2.06. The lowest BCUT2D eigenvalue weighted by Crippen LogP contribution is -2.13. The lowest BCUT2D eigenvalue weighted by Gasteiger charge is -1.99. The molecule has 2 rings (SSSR count). The number of hydrogen-bond acceptors (Lipinski definition) is 2. The zero-order valence-electron chi connectivity index (χ0n) is 7.37. The molecule has 0 radical (unpaired) electrons. The summed E-state index contributed by atoms with van der Waals surface area (Å²) < 4.78 is 14.8. The molecule has 0 atom stereocenters. The van der Waals surface area contributed by atoms with Gasteiger partial charge in [-0.3, -0.25) is 5.41 Å². The molecule has 0 amide bonds. The van der Waals surface area contributed by atoms with Gasteiger partial charge < -0.3 is 10.1 Å². The molecular formula is C9H9FN4. The van der Waals surface area contributed by atoms with Crippen LogP contribution in [0.4, 0.5) is 4.39 Å². The van der Waals surface area contributed by atoms with Crippen molar-refractivity contribution in [3.63, 3.8) is 0 Å². The summed E-state index contributed by atoms with van der Waals surface area (Å²) >= 11 is 0. The van der Waals surface area contributed by atoms with E-state index in [0.717, 1.165) is 0 Å². The van der Waals surface area contributed by atoms with Gasteiger partial charge in [0, 0.05) is 24.5 Å². The average molecular weight is 192 g/mol. The second kappa shape index (κ2) is 3.10. The van der Waals surface area contributed by atoms with E-state index < -0.39 is 0 Å². The van der Waals surface area contributed by atoms with Gasteiger partial charge in [-0.15, -0.1) is 0 Å². The highest BCUT2D eigenvalue weighted by molar-refractivity contribution is 5.79. The van der Waals surface area contributed by atoms with Crippen molar-refractivity contribution in [2.45, 2.75) is 6.42 Å². The molecular weight excluding hydrogens is 183 g/mol. The third kappa shape index (κ3) is 1.32. The third-order valence-corrected chi connectivity index (χ3v) is 1.94. The Morgan fingerprint density at radius 2 is 2.43 bits per heavy atom. The minimum Gasteiger partial charge on any atom is -0.387 e. The van der Waals surface area contributed by atoms with Crippen molar-refractivity contribution >= 4 is 11.5 Å². The summed E-state index contributed by atoms with van der Waals surface area (Å²) in [5.74, 6) is -0.335. The van der Waals surface area contributed by atoms with Crippen LogP contribution in [0, 0.1) is 11.2 Å². The number of pyridine rings is 1. The van der Waals surface area contributed by atoms with Gasteiger partial charge in [0.15, 0.2) is 11.5 Å². The van der Waals surface area contributed by atoms with Crippen molar-refractivity contribution in [1.82, 2.24) is 9.38 Å². The largest absolute Gasteiger partial charge is 0.387 e. The van der Waals surface area contributed by atoms with Crippen LogP contribution in [-0.4, -0.2) is 15.2 Å². The van der Waals surface area contributed by atoms with Crippen molar-refractivity contribution in [1.29, 1.82) is 5.41 Å². The van der Waals surface area contributed by atoms with Crippen LogP contribution in [0.5, 0.6) is 0 Å². The molecule has 72 valence electrons. The van der Waals surface area contributed by atoms with E-state index in [1.54, 1.807) is 16.7 Å². The van der Waals surface area contributed by atoms with Gasteiger partial charge in [-0.2, -0.15) is 0 Å². The Hall–Kier alpha value is -1.91. The van der Waals surface area contributed by atoms with Crippen LogP contribution >= 0.6 is 0 Å². The number of rotatable bonds is 2. The van der Waals surface area contributed by atoms with Gasteiger partial charge in [0.05, 0.1) is 5.84 Å². The number of fused-ring (bicyclic) bond motifs is 1. The lowest BCUT2D eigenvalue weighted by molar-refractivity contribution is 0.629. The van der Waals surface area contributed by atoms with Crippen LogP contribution in [0.15, 0.2) is 24.5 Å². The maximum atomic E-state index is 13.2. The third-order valence-electron chi connectivity index (χ3n) is 1.94. The molecule has 14 heavy (non-hydrogen) atoms. The number of nitrogens with zero attached hydrogens (tertiary/aromatic N) is 2. The number of nitrogens with two attached hydrogens (primary N) is 1. The van der Waals surface area contributed by atoms with Crippen molar-refractivity contribution < 1.29 is 4.39 Å². The van der Waals surface area contributed by atoms with E-state index in [1.165, 1.54) is 12.3 Å². The van der Waals surface area contributed by atoms with Gasteiger partial charge in [-0.05, 0) is 12.1 Å². The smallest absolute Gasteiger partial charge is 0.173 e. The van der Waals surface area contributed by atoms with Crippen LogP contribution in [0.25, 0.3) is 5.65 Å². The van der Waals surface area contributed by atoms with Crippen LogP contribution in [0.1, 0.15) is 5.69 Å². The van der Waals surface area contributed by atoms with Crippen molar-refractivity contribution in [2.24, 2.45) is 5.73 Å². The molecule has 0 unspecified atom stereocenters. The molecule has 2 heterocycles. The summed E-state index contributed by atoms with van der Waals surface area (Å²) in [4.78, 5) is 3.91. The Balaban J connectivity index is 2.58. The van der Waals surface area contributed by atoms with E-state index in [-0.39, 0.29) is 23.7 Å². The minimum absolute atomic E-state index is 0.0380. The van der Waals surface area contributed by atoms with Crippen molar-refractivity contribution in [2.75, 3.05) is 0 Å². The lowest BCUT2D eigenvalue weighted by atomic mass is 10.3. The number of hydrogen-bond donors (Lipinski definition) is 2. The summed E-state index contributed by atoms with van der Waals surface area (Å²) in [5, 5.41) is 7.14. The standard InChI is InChI=1S/C9H9FN4/c10-7-2-1-3-14-6(4-8(11)12)5-13-9(7)14/h1-3,5H,4H2,(H3,11,12). The molecule has 4 nitrogen and oxygen atoms in total. The highest BCUT2D eigenvalue weighted by atomic mass is 19.1. The predicted molar refractivity (Wildman–Crippen MR) is 50.8 cm³/mol. The Labute approximate surface area is 79.7 Å². The van der Waals surface area contributed by atoms with Crippen molar-refractivity contribution in [3.8, 4) is 0 Å². The molecule has 0 bridgehead atoms. The number of aromatic nitrogens is 2. The number of amidine groups is 1. The minimum atomic E-state index is -0.373. The van der Waals surface area contributed by atoms with Gasteiger partial charge in [0.2, 0.25) is 0 Å². The maximum Gasteiger partial charge on any atom is 0.173 e. The Morgan fingerprint density at radius 1 is 1.64 bits per heavy atom. The fourth-order valence-electron chi connectivity index (χ4n) is 1.35. The first-order chi connectivity index (χ1) is 6.68.